The molecule has 4 rings (SSSR count). The van der Waals surface area contributed by atoms with Crippen LogP contribution in [0.25, 0.3) is 22.4 Å². The van der Waals surface area contributed by atoms with E-state index in [4.69, 9.17) is 29.9 Å². The Bertz CT molecular complexity index is 1350. The summed E-state index contributed by atoms with van der Waals surface area (Å²) in [6.07, 6.45) is 4.42. The minimum atomic E-state index is -1.47. The van der Waals surface area contributed by atoms with Crippen molar-refractivity contribution in [3.05, 3.63) is 52.6 Å². The van der Waals surface area contributed by atoms with Crippen molar-refractivity contribution in [1.29, 1.82) is 0 Å². The van der Waals surface area contributed by atoms with E-state index in [2.05, 4.69) is 57.9 Å². The van der Waals surface area contributed by atoms with E-state index in [0.29, 0.717) is 11.1 Å². The third-order valence-electron chi connectivity index (χ3n) is 7.13. The van der Waals surface area contributed by atoms with Crippen molar-refractivity contribution in [1.82, 2.24) is 9.55 Å². The average Bonchev–Trinajstić information content (AvgIpc) is 3.50. The molecule has 1 aliphatic rings. The number of benzene rings is 1. The zero-order valence-corrected chi connectivity index (χ0v) is 26.2. The zero-order chi connectivity index (χ0) is 29.0. The smallest absolute Gasteiger partial charge is 0.353 e. The number of unbranched alkanes of at least 4 members (excludes halogenated alkanes) is 2. The first kappa shape index (κ1) is 30.5. The number of halogens is 1. The van der Waals surface area contributed by atoms with Gasteiger partial charge in [0, 0.05) is 18.2 Å². The summed E-state index contributed by atoms with van der Waals surface area (Å²) in [6, 6.07) is 10.2. The molecule has 1 aliphatic heterocycles. The Balaban J connectivity index is 1.61. The number of nitrogens with zero attached hydrogens (tertiary/aromatic N) is 2. The van der Waals surface area contributed by atoms with Crippen LogP contribution in [0.1, 0.15) is 65.2 Å². The van der Waals surface area contributed by atoms with E-state index in [1.54, 1.807) is 6.20 Å². The van der Waals surface area contributed by atoms with E-state index in [0.717, 1.165) is 12.0 Å². The summed E-state index contributed by atoms with van der Waals surface area (Å²) in [6.45, 7) is 12.6. The lowest BCUT2D eigenvalue weighted by atomic mass is 9.84. The van der Waals surface area contributed by atoms with Crippen LogP contribution in [0.5, 0.6) is 0 Å². The molecule has 1 saturated heterocycles. The zero-order valence-electron chi connectivity index (χ0n) is 24.3. The van der Waals surface area contributed by atoms with E-state index in [9.17, 15) is 9.59 Å². The predicted octanol–water partition coefficient (Wildman–Crippen LogP) is 6.24. The highest BCUT2D eigenvalue weighted by Gasteiger charge is 2.48. The van der Waals surface area contributed by atoms with Crippen molar-refractivity contribution < 1.29 is 23.1 Å². The van der Waals surface area contributed by atoms with E-state index < -0.39 is 39.1 Å². The number of hydrogen-bond donors (Lipinski definition) is 0. The number of rotatable bonds is 11. The highest BCUT2D eigenvalue weighted by atomic mass is 35.5. The van der Waals surface area contributed by atoms with Gasteiger partial charge in [0.05, 0.1) is 11.5 Å². The summed E-state index contributed by atoms with van der Waals surface area (Å²) < 4.78 is 25.9. The quantitative estimate of drug-likeness (QED) is 0.113. The van der Waals surface area contributed by atoms with Crippen molar-refractivity contribution in [3.8, 4) is 11.3 Å². The first-order chi connectivity index (χ1) is 19.0. The molecule has 2 aromatic heterocycles. The lowest BCUT2D eigenvalue weighted by Crippen LogP contribution is -2.48. The molecule has 0 bridgehead atoms. The molecule has 40 heavy (non-hydrogen) atoms. The lowest BCUT2D eigenvalue weighted by Gasteiger charge is -2.38. The van der Waals surface area contributed by atoms with Gasteiger partial charge in [0.15, 0.2) is 9.04 Å². The van der Waals surface area contributed by atoms with Crippen molar-refractivity contribution in [2.75, 3.05) is 5.88 Å². The SMILES string of the molecule is CCCCCc1ccc(-c2cc3cn([C@H]4C[C@H](OC(=O)CCl)[C@H](C(O[SiH](C)C)C(C)(C)C)O4)c(=O)nc3o2)cc1. The fourth-order valence-electron chi connectivity index (χ4n) is 5.17. The number of ether oxygens (including phenoxy) is 2. The first-order valence-electron chi connectivity index (χ1n) is 14.2. The lowest BCUT2D eigenvalue weighted by molar-refractivity contribution is -0.156. The van der Waals surface area contributed by atoms with Gasteiger partial charge in [0.1, 0.15) is 30.1 Å². The summed E-state index contributed by atoms with van der Waals surface area (Å²) in [5, 5.41) is 0.682. The fraction of sp³-hybridized carbons (Fsp3) is 0.567. The maximum absolute atomic E-state index is 13.1. The molecule has 0 saturated carbocycles. The number of hydrogen-bond acceptors (Lipinski definition) is 7. The topological polar surface area (TPSA) is 92.8 Å². The monoisotopic (exact) mass is 588 g/mol. The molecule has 8 nitrogen and oxygen atoms in total. The number of aryl methyl sites for hydroxylation is 1. The van der Waals surface area contributed by atoms with Gasteiger partial charge in [-0.1, -0.05) is 64.8 Å². The fourth-order valence-corrected chi connectivity index (χ4v) is 6.39. The normalized spacial score (nSPS) is 20.4. The van der Waals surface area contributed by atoms with Crippen LogP contribution in [0.15, 0.2) is 45.7 Å². The summed E-state index contributed by atoms with van der Waals surface area (Å²) in [5.41, 5.74) is 1.69. The van der Waals surface area contributed by atoms with Crippen molar-refractivity contribution >= 4 is 37.7 Å². The second-order valence-electron chi connectivity index (χ2n) is 11.9. The first-order valence-corrected chi connectivity index (χ1v) is 17.5. The molecule has 1 fully saturated rings. The molecule has 0 amide bonds. The highest BCUT2D eigenvalue weighted by Crippen LogP contribution is 2.39. The Labute approximate surface area is 242 Å². The van der Waals surface area contributed by atoms with Crippen LogP contribution >= 0.6 is 11.6 Å². The van der Waals surface area contributed by atoms with Gasteiger partial charge in [-0.05, 0) is 43.0 Å². The Morgan fingerprint density at radius 2 is 1.95 bits per heavy atom. The molecule has 1 unspecified atom stereocenters. The Morgan fingerprint density at radius 3 is 2.58 bits per heavy atom. The Hall–Kier alpha value is -2.46. The predicted molar refractivity (Wildman–Crippen MR) is 159 cm³/mol. The van der Waals surface area contributed by atoms with Crippen LogP contribution in [-0.4, -0.2) is 48.8 Å². The van der Waals surface area contributed by atoms with Crippen molar-refractivity contribution in [2.24, 2.45) is 5.41 Å². The molecule has 3 heterocycles. The van der Waals surface area contributed by atoms with Gasteiger partial charge < -0.3 is 18.3 Å². The molecule has 0 radical (unpaired) electrons. The number of carbonyl (C=O) groups excluding carboxylic acids is 1. The van der Waals surface area contributed by atoms with Gasteiger partial charge in [0.2, 0.25) is 5.71 Å². The van der Waals surface area contributed by atoms with Gasteiger partial charge in [-0.15, -0.1) is 11.6 Å². The van der Waals surface area contributed by atoms with Gasteiger partial charge in [-0.25, -0.2) is 4.79 Å². The summed E-state index contributed by atoms with van der Waals surface area (Å²) >= 11 is 5.75. The number of furan rings is 1. The summed E-state index contributed by atoms with van der Waals surface area (Å²) in [4.78, 5) is 29.5. The molecule has 1 aromatic carbocycles. The number of aromatic nitrogens is 2. The molecule has 10 heteroatoms. The third kappa shape index (κ3) is 7.24. The second kappa shape index (κ2) is 13.0. The van der Waals surface area contributed by atoms with Gasteiger partial charge >= 0.3 is 11.7 Å². The van der Waals surface area contributed by atoms with Gasteiger partial charge in [-0.3, -0.25) is 9.36 Å². The molecular weight excluding hydrogens is 548 g/mol. The Kier molecular flexibility index (Phi) is 9.92. The van der Waals surface area contributed by atoms with E-state index >= 15 is 0 Å². The summed E-state index contributed by atoms with van der Waals surface area (Å²) in [7, 11) is -1.47. The number of fused-ring (bicyclic) bond motifs is 1. The number of alkyl halides is 1. The van der Waals surface area contributed by atoms with E-state index in [1.165, 1.54) is 29.4 Å². The highest BCUT2D eigenvalue weighted by molar-refractivity contribution is 6.48. The van der Waals surface area contributed by atoms with Crippen LogP contribution in [-0.2, 0) is 25.1 Å². The maximum atomic E-state index is 13.1. The maximum Gasteiger partial charge on any atom is 0.353 e. The Morgan fingerprint density at radius 1 is 1.23 bits per heavy atom. The number of carbonyl (C=O) groups is 1. The van der Waals surface area contributed by atoms with Crippen LogP contribution in [0.3, 0.4) is 0 Å². The molecule has 0 N–H and O–H groups in total. The van der Waals surface area contributed by atoms with Crippen LogP contribution < -0.4 is 5.69 Å². The molecule has 218 valence electrons. The molecule has 0 aliphatic carbocycles. The third-order valence-corrected chi connectivity index (χ3v) is 8.19. The summed E-state index contributed by atoms with van der Waals surface area (Å²) in [5.74, 6) is -0.159. The van der Waals surface area contributed by atoms with Gasteiger partial charge in [-0.2, -0.15) is 4.98 Å². The molecule has 4 atom stereocenters. The van der Waals surface area contributed by atoms with Crippen LogP contribution in [0, 0.1) is 5.41 Å². The van der Waals surface area contributed by atoms with E-state index in [-0.39, 0.29) is 29.5 Å². The molecular formula is C30H41ClN2O6Si. The van der Waals surface area contributed by atoms with Crippen molar-refractivity contribution in [2.45, 2.75) is 97.4 Å². The minimum absolute atomic E-state index is 0.265. The van der Waals surface area contributed by atoms with Gasteiger partial charge in [0.25, 0.3) is 0 Å². The largest absolute Gasteiger partial charge is 0.458 e. The van der Waals surface area contributed by atoms with Crippen molar-refractivity contribution in [3.63, 3.8) is 0 Å². The number of esters is 1. The second-order valence-corrected chi connectivity index (χ2v) is 14.5. The molecule has 0 spiro atoms. The molecule has 3 aromatic rings. The van der Waals surface area contributed by atoms with E-state index in [1.807, 2.05) is 18.2 Å². The van der Waals surface area contributed by atoms with Crippen LogP contribution in [0.4, 0.5) is 0 Å². The average molecular weight is 589 g/mol. The van der Waals surface area contributed by atoms with Crippen LogP contribution in [0.2, 0.25) is 13.1 Å². The standard InChI is InChI=1S/C30H41ClN2O6Si/c1-7-8-9-10-19-11-13-20(14-12-19)22-15-21-18-33(29(35)32-28(21)37-22)24-16-23(36-25(34)17-31)26(38-24)27(30(2,3)4)39-40(5)6/h11-15,18,23-24,26-27,40H,7-10,16-17H2,1-6H3/t23-,24+,26+,27?/m0/s1. The minimum Gasteiger partial charge on any atom is -0.458 e.